The zero-order valence-electron chi connectivity index (χ0n) is 11.6. The summed E-state index contributed by atoms with van der Waals surface area (Å²) in [6.07, 6.45) is 1.36. The van der Waals surface area contributed by atoms with Crippen molar-refractivity contribution in [2.45, 2.75) is 0 Å². The van der Waals surface area contributed by atoms with Gasteiger partial charge in [0.05, 0.1) is 26.9 Å². The molecule has 2 aromatic heterocycles. The molecule has 0 aliphatic carbocycles. The number of nitrogens with zero attached hydrogens (tertiary/aromatic N) is 2. The van der Waals surface area contributed by atoms with Crippen molar-refractivity contribution in [1.29, 1.82) is 0 Å². The van der Waals surface area contributed by atoms with Gasteiger partial charge in [-0.05, 0) is 29.6 Å². The van der Waals surface area contributed by atoms with Crippen LogP contribution in [-0.2, 0) is 4.84 Å². The molecular formula is C16H8N2O4S. The van der Waals surface area contributed by atoms with E-state index >= 15 is 0 Å². The third-order valence-corrected chi connectivity index (χ3v) is 4.32. The van der Waals surface area contributed by atoms with Crippen LogP contribution in [0.1, 0.15) is 31.1 Å². The van der Waals surface area contributed by atoms with Gasteiger partial charge in [0.1, 0.15) is 0 Å². The van der Waals surface area contributed by atoms with E-state index in [1.165, 1.54) is 29.7 Å². The number of amides is 2. The Labute approximate surface area is 133 Å². The third kappa shape index (κ3) is 2.09. The van der Waals surface area contributed by atoms with Gasteiger partial charge in [0.25, 0.3) is 11.8 Å². The fourth-order valence-electron chi connectivity index (χ4n) is 2.34. The maximum absolute atomic E-state index is 12.2. The number of carbonyl (C=O) groups is 3. The predicted octanol–water partition coefficient (Wildman–Crippen LogP) is 2.66. The van der Waals surface area contributed by atoms with Crippen molar-refractivity contribution in [3.8, 4) is 0 Å². The standard InChI is InChI=1S/C16H8N2O4S/c19-14-10-3-1-2-4-11(10)15(20)18(14)22-16(21)9-7-13-12(17-8-9)5-6-23-13/h1-8H. The van der Waals surface area contributed by atoms with E-state index in [9.17, 15) is 14.4 Å². The summed E-state index contributed by atoms with van der Waals surface area (Å²) in [5.74, 6) is -2.10. The van der Waals surface area contributed by atoms with Crippen LogP contribution in [0.3, 0.4) is 0 Å². The Hall–Kier alpha value is -3.06. The van der Waals surface area contributed by atoms with Crippen LogP contribution in [0.25, 0.3) is 10.2 Å². The summed E-state index contributed by atoms with van der Waals surface area (Å²) in [6.45, 7) is 0. The maximum atomic E-state index is 12.2. The number of hydrogen-bond donors (Lipinski definition) is 0. The summed E-state index contributed by atoms with van der Waals surface area (Å²) in [7, 11) is 0. The zero-order chi connectivity index (χ0) is 16.0. The molecule has 0 bridgehead atoms. The molecule has 23 heavy (non-hydrogen) atoms. The largest absolute Gasteiger partial charge is 0.365 e. The van der Waals surface area contributed by atoms with Crippen LogP contribution in [-0.4, -0.2) is 27.8 Å². The smallest absolute Gasteiger partial charge is 0.324 e. The Bertz CT molecular complexity index is 944. The first-order valence-electron chi connectivity index (χ1n) is 6.68. The van der Waals surface area contributed by atoms with Crippen LogP contribution in [0.4, 0.5) is 0 Å². The molecular weight excluding hydrogens is 316 g/mol. The first kappa shape index (κ1) is 13.6. The summed E-state index contributed by atoms with van der Waals surface area (Å²) in [6, 6.07) is 9.77. The number of imide groups is 1. The second-order valence-electron chi connectivity index (χ2n) is 4.86. The summed E-state index contributed by atoms with van der Waals surface area (Å²) in [4.78, 5) is 45.6. The number of rotatable bonds is 2. The van der Waals surface area contributed by atoms with Crippen LogP contribution in [0.5, 0.6) is 0 Å². The molecule has 2 amide bonds. The van der Waals surface area contributed by atoms with Gasteiger partial charge < -0.3 is 4.84 Å². The lowest BCUT2D eigenvalue weighted by molar-refractivity contribution is -0.0584. The predicted molar refractivity (Wildman–Crippen MR) is 82.0 cm³/mol. The molecule has 6 nitrogen and oxygen atoms in total. The molecule has 0 saturated heterocycles. The quantitative estimate of drug-likeness (QED) is 0.677. The highest BCUT2D eigenvalue weighted by Gasteiger charge is 2.38. The van der Waals surface area contributed by atoms with Gasteiger partial charge in [-0.3, -0.25) is 14.6 Å². The van der Waals surface area contributed by atoms with Gasteiger partial charge in [0.2, 0.25) is 0 Å². The highest BCUT2D eigenvalue weighted by Crippen LogP contribution is 2.24. The Kier molecular flexibility index (Phi) is 2.95. The summed E-state index contributed by atoms with van der Waals surface area (Å²) in [5.41, 5.74) is 1.39. The molecule has 0 spiro atoms. The van der Waals surface area contributed by atoms with Crippen molar-refractivity contribution in [1.82, 2.24) is 10.0 Å². The molecule has 0 N–H and O–H groups in total. The molecule has 1 aliphatic heterocycles. The van der Waals surface area contributed by atoms with E-state index in [0.29, 0.717) is 5.06 Å². The first-order chi connectivity index (χ1) is 11.1. The number of hydroxylamine groups is 2. The van der Waals surface area contributed by atoms with E-state index in [0.717, 1.165) is 10.2 Å². The molecule has 0 radical (unpaired) electrons. The molecule has 0 saturated carbocycles. The van der Waals surface area contributed by atoms with E-state index in [1.54, 1.807) is 18.2 Å². The molecule has 7 heteroatoms. The number of thiophene rings is 1. The molecule has 0 atom stereocenters. The number of pyridine rings is 1. The Morgan fingerprint density at radius 1 is 1.09 bits per heavy atom. The summed E-state index contributed by atoms with van der Waals surface area (Å²) < 4.78 is 0.821. The highest BCUT2D eigenvalue weighted by atomic mass is 32.1. The highest BCUT2D eigenvalue weighted by molar-refractivity contribution is 7.17. The maximum Gasteiger partial charge on any atom is 0.365 e. The summed E-state index contributed by atoms with van der Waals surface area (Å²) >= 11 is 1.43. The van der Waals surface area contributed by atoms with Gasteiger partial charge in [-0.2, -0.15) is 0 Å². The van der Waals surface area contributed by atoms with Crippen LogP contribution >= 0.6 is 11.3 Å². The van der Waals surface area contributed by atoms with Crippen LogP contribution in [0.15, 0.2) is 48.0 Å². The van der Waals surface area contributed by atoms with Gasteiger partial charge in [-0.1, -0.05) is 17.2 Å². The van der Waals surface area contributed by atoms with Crippen molar-refractivity contribution < 1.29 is 19.2 Å². The molecule has 4 rings (SSSR count). The third-order valence-electron chi connectivity index (χ3n) is 3.47. The Morgan fingerprint density at radius 2 is 1.78 bits per heavy atom. The molecule has 0 fully saturated rings. The molecule has 1 aromatic carbocycles. The molecule has 112 valence electrons. The normalized spacial score (nSPS) is 13.5. The molecule has 1 aliphatic rings. The van der Waals surface area contributed by atoms with Gasteiger partial charge in [-0.25, -0.2) is 4.79 Å². The number of benzene rings is 1. The Morgan fingerprint density at radius 3 is 2.48 bits per heavy atom. The molecule has 0 unspecified atom stereocenters. The average molecular weight is 324 g/mol. The SMILES string of the molecule is O=C(ON1C(=O)c2ccccc2C1=O)c1cnc2ccsc2c1. The average Bonchev–Trinajstić information content (AvgIpc) is 3.13. The molecule has 3 aromatic rings. The minimum Gasteiger partial charge on any atom is -0.324 e. The Balaban J connectivity index is 1.62. The first-order valence-corrected chi connectivity index (χ1v) is 7.56. The van der Waals surface area contributed by atoms with Crippen molar-refractivity contribution >= 4 is 39.3 Å². The van der Waals surface area contributed by atoms with Crippen LogP contribution < -0.4 is 0 Å². The van der Waals surface area contributed by atoms with Crippen LogP contribution in [0, 0.1) is 0 Å². The minimum atomic E-state index is -0.803. The second kappa shape index (κ2) is 4.99. The van der Waals surface area contributed by atoms with E-state index < -0.39 is 17.8 Å². The van der Waals surface area contributed by atoms with Crippen molar-refractivity contribution in [3.05, 3.63) is 64.7 Å². The van der Waals surface area contributed by atoms with Gasteiger partial charge in [0, 0.05) is 6.20 Å². The zero-order valence-corrected chi connectivity index (χ0v) is 12.4. The number of aromatic nitrogens is 1. The molecule has 3 heterocycles. The van der Waals surface area contributed by atoms with Crippen LogP contribution in [0.2, 0.25) is 0 Å². The van der Waals surface area contributed by atoms with Gasteiger partial charge in [-0.15, -0.1) is 11.3 Å². The van der Waals surface area contributed by atoms with Crippen molar-refractivity contribution in [2.75, 3.05) is 0 Å². The minimum absolute atomic E-state index is 0.177. The van der Waals surface area contributed by atoms with Gasteiger partial charge >= 0.3 is 5.97 Å². The fourth-order valence-corrected chi connectivity index (χ4v) is 3.12. The van der Waals surface area contributed by atoms with Crippen molar-refractivity contribution in [2.24, 2.45) is 0 Å². The van der Waals surface area contributed by atoms with E-state index in [-0.39, 0.29) is 16.7 Å². The fraction of sp³-hybridized carbons (Fsp3) is 0. The second-order valence-corrected chi connectivity index (χ2v) is 5.80. The lowest BCUT2D eigenvalue weighted by Crippen LogP contribution is -2.32. The van der Waals surface area contributed by atoms with Crippen molar-refractivity contribution in [3.63, 3.8) is 0 Å². The number of hydrogen-bond acceptors (Lipinski definition) is 6. The van der Waals surface area contributed by atoms with E-state index in [2.05, 4.69) is 4.98 Å². The number of carbonyl (C=O) groups excluding carboxylic acids is 3. The topological polar surface area (TPSA) is 76.6 Å². The lowest BCUT2D eigenvalue weighted by atomic mass is 10.1. The van der Waals surface area contributed by atoms with E-state index in [4.69, 9.17) is 4.84 Å². The monoisotopic (exact) mass is 324 g/mol. The number of fused-ring (bicyclic) bond motifs is 2. The van der Waals surface area contributed by atoms with E-state index in [1.807, 2.05) is 11.4 Å². The summed E-state index contributed by atoms with van der Waals surface area (Å²) in [5, 5.41) is 2.35. The lowest BCUT2D eigenvalue weighted by Gasteiger charge is -2.12. The van der Waals surface area contributed by atoms with Gasteiger partial charge in [0.15, 0.2) is 0 Å².